The maximum absolute atomic E-state index is 11.1. The summed E-state index contributed by atoms with van der Waals surface area (Å²) in [5.41, 5.74) is 1.27. The van der Waals surface area contributed by atoms with E-state index in [4.69, 9.17) is 10.1 Å². The van der Waals surface area contributed by atoms with Crippen molar-refractivity contribution in [3.63, 3.8) is 0 Å². The number of amides is 1. The first-order chi connectivity index (χ1) is 6.52. The van der Waals surface area contributed by atoms with Crippen molar-refractivity contribution >= 4 is 13.5 Å². The zero-order valence-electron chi connectivity index (χ0n) is 8.10. The minimum atomic E-state index is -3.88. The van der Waals surface area contributed by atoms with Crippen LogP contribution in [0.25, 0.3) is 0 Å². The molecule has 1 amide bonds. The largest absolute Gasteiger partial charge is 0.337 e. The highest BCUT2D eigenvalue weighted by molar-refractivity contribution is 7.53. The molecule has 0 aromatic heterocycles. The van der Waals surface area contributed by atoms with E-state index >= 15 is 0 Å². The van der Waals surface area contributed by atoms with Gasteiger partial charge in [0.15, 0.2) is 0 Å². The van der Waals surface area contributed by atoms with Crippen LogP contribution >= 0.6 is 7.60 Å². The van der Waals surface area contributed by atoms with E-state index in [-0.39, 0.29) is 6.61 Å². The Balaban J connectivity index is 3.72. The summed E-state index contributed by atoms with van der Waals surface area (Å²) in [4.78, 5) is 19.6. The number of hydroxylamine groups is 1. The molecule has 0 radical (unpaired) electrons. The van der Waals surface area contributed by atoms with Gasteiger partial charge in [0.2, 0.25) is 0 Å². The van der Waals surface area contributed by atoms with Crippen molar-refractivity contribution in [2.75, 3.05) is 12.8 Å². The molecule has 0 aromatic rings. The van der Waals surface area contributed by atoms with Gasteiger partial charge in [0.1, 0.15) is 6.16 Å². The molecule has 0 rings (SSSR count). The molecule has 7 heteroatoms. The first kappa shape index (κ1) is 13.6. The van der Waals surface area contributed by atoms with Gasteiger partial charge in [-0.05, 0) is 6.42 Å². The van der Waals surface area contributed by atoms with E-state index in [1.165, 1.54) is 5.48 Å². The van der Waals surface area contributed by atoms with E-state index in [0.29, 0.717) is 6.42 Å². The normalized spacial score (nSPS) is 14.8. The zero-order chi connectivity index (χ0) is 11.0. The number of nitrogens with one attached hydrogen (secondary N) is 1. The standard InChI is InChI=1S/C7H16NO5P/c1-2-3-4-5-13-14(11,12)6-7(9)8-10/h10H,2-6H2,1H3,(H,8,9)(H,11,12). The summed E-state index contributed by atoms with van der Waals surface area (Å²) in [6.45, 7) is 2.15. The fourth-order valence-electron chi connectivity index (χ4n) is 0.822. The number of rotatable bonds is 7. The van der Waals surface area contributed by atoms with Crippen LogP contribution < -0.4 is 5.48 Å². The second kappa shape index (κ2) is 6.95. The van der Waals surface area contributed by atoms with E-state index in [1.54, 1.807) is 0 Å². The molecule has 0 heterocycles. The Hall–Kier alpha value is -0.420. The second-order valence-corrected chi connectivity index (χ2v) is 4.72. The molecule has 0 aliphatic rings. The van der Waals surface area contributed by atoms with Crippen LogP contribution in [0.3, 0.4) is 0 Å². The lowest BCUT2D eigenvalue weighted by atomic mass is 10.3. The smallest absolute Gasteiger partial charge is 0.324 e. The number of hydrogen-bond acceptors (Lipinski definition) is 4. The van der Waals surface area contributed by atoms with E-state index < -0.39 is 19.7 Å². The lowest BCUT2D eigenvalue weighted by Gasteiger charge is -2.10. The number of carbonyl (C=O) groups excluding carboxylic acids is 1. The predicted octanol–water partition coefficient (Wildman–Crippen LogP) is 0.884. The van der Waals surface area contributed by atoms with Gasteiger partial charge in [0.05, 0.1) is 6.61 Å². The molecule has 0 spiro atoms. The highest BCUT2D eigenvalue weighted by Crippen LogP contribution is 2.41. The van der Waals surface area contributed by atoms with Crippen molar-refractivity contribution in [1.29, 1.82) is 0 Å². The molecule has 0 bridgehead atoms. The molecular formula is C7H16NO5P. The maximum Gasteiger partial charge on any atom is 0.337 e. The van der Waals surface area contributed by atoms with Crippen LogP contribution in [0.15, 0.2) is 0 Å². The lowest BCUT2D eigenvalue weighted by Crippen LogP contribution is -2.22. The molecule has 0 aliphatic carbocycles. The molecule has 0 saturated heterocycles. The van der Waals surface area contributed by atoms with Gasteiger partial charge >= 0.3 is 7.60 Å². The Morgan fingerprint density at radius 2 is 2.14 bits per heavy atom. The highest BCUT2D eigenvalue weighted by atomic mass is 31.2. The molecule has 0 saturated carbocycles. The maximum atomic E-state index is 11.1. The first-order valence-electron chi connectivity index (χ1n) is 4.41. The summed E-state index contributed by atoms with van der Waals surface area (Å²) < 4.78 is 15.8. The van der Waals surface area contributed by atoms with Crippen LogP contribution in [-0.2, 0) is 13.9 Å². The molecule has 0 aliphatic heterocycles. The third-order valence-corrected chi connectivity index (χ3v) is 2.78. The average Bonchev–Trinajstić information content (AvgIpc) is 2.12. The van der Waals surface area contributed by atoms with Crippen LogP contribution in [0.2, 0.25) is 0 Å². The van der Waals surface area contributed by atoms with E-state index in [1.807, 2.05) is 6.92 Å². The van der Waals surface area contributed by atoms with Crippen molar-refractivity contribution in [1.82, 2.24) is 5.48 Å². The molecule has 3 N–H and O–H groups in total. The van der Waals surface area contributed by atoms with Crippen LogP contribution in [0.4, 0.5) is 0 Å². The third-order valence-electron chi connectivity index (χ3n) is 1.51. The van der Waals surface area contributed by atoms with E-state index in [0.717, 1.165) is 12.8 Å². The van der Waals surface area contributed by atoms with Crippen molar-refractivity contribution in [3.8, 4) is 0 Å². The van der Waals surface area contributed by atoms with Gasteiger partial charge in [-0.2, -0.15) is 0 Å². The quantitative estimate of drug-likeness (QED) is 0.259. The third kappa shape index (κ3) is 7.03. The molecule has 6 nitrogen and oxygen atoms in total. The van der Waals surface area contributed by atoms with Crippen molar-refractivity contribution in [3.05, 3.63) is 0 Å². The fraction of sp³-hybridized carbons (Fsp3) is 0.857. The van der Waals surface area contributed by atoms with Gasteiger partial charge in [-0.25, -0.2) is 5.48 Å². The Morgan fingerprint density at radius 3 is 2.64 bits per heavy atom. The number of unbranched alkanes of at least 4 members (excludes halogenated alkanes) is 2. The summed E-state index contributed by atoms with van der Waals surface area (Å²) in [5.74, 6) is -0.925. The monoisotopic (exact) mass is 225 g/mol. The summed E-state index contributed by atoms with van der Waals surface area (Å²) in [6, 6.07) is 0. The van der Waals surface area contributed by atoms with Crippen molar-refractivity contribution < 1.29 is 24.0 Å². The first-order valence-corrected chi connectivity index (χ1v) is 6.17. The summed E-state index contributed by atoms with van der Waals surface area (Å²) >= 11 is 0. The van der Waals surface area contributed by atoms with Gasteiger partial charge in [0, 0.05) is 0 Å². The van der Waals surface area contributed by atoms with Crippen LogP contribution in [0.5, 0.6) is 0 Å². The molecule has 84 valence electrons. The summed E-state index contributed by atoms with van der Waals surface area (Å²) in [6.07, 6.45) is 1.86. The van der Waals surface area contributed by atoms with Gasteiger partial charge in [-0.15, -0.1) is 0 Å². The van der Waals surface area contributed by atoms with Gasteiger partial charge in [-0.1, -0.05) is 19.8 Å². The predicted molar refractivity (Wildman–Crippen MR) is 50.1 cm³/mol. The zero-order valence-corrected chi connectivity index (χ0v) is 9.00. The molecule has 1 unspecified atom stereocenters. The molecule has 0 fully saturated rings. The number of hydrogen-bond donors (Lipinski definition) is 3. The topological polar surface area (TPSA) is 95.9 Å². The highest BCUT2D eigenvalue weighted by Gasteiger charge is 2.23. The lowest BCUT2D eigenvalue weighted by molar-refractivity contribution is -0.126. The SMILES string of the molecule is CCCCCOP(=O)(O)CC(=O)NO. The van der Waals surface area contributed by atoms with Crippen LogP contribution in [0.1, 0.15) is 26.2 Å². The minimum absolute atomic E-state index is 0.153. The fourth-order valence-corrected chi connectivity index (χ4v) is 1.76. The molecular weight excluding hydrogens is 209 g/mol. The Labute approximate surface area is 82.8 Å². The Kier molecular flexibility index (Phi) is 6.74. The summed E-state index contributed by atoms with van der Waals surface area (Å²) in [5, 5.41) is 8.12. The van der Waals surface area contributed by atoms with Crippen molar-refractivity contribution in [2.24, 2.45) is 0 Å². The van der Waals surface area contributed by atoms with Crippen LogP contribution in [-0.4, -0.2) is 28.8 Å². The molecule has 14 heavy (non-hydrogen) atoms. The average molecular weight is 225 g/mol. The van der Waals surface area contributed by atoms with Gasteiger partial charge in [-0.3, -0.25) is 14.6 Å². The Morgan fingerprint density at radius 1 is 1.50 bits per heavy atom. The minimum Gasteiger partial charge on any atom is -0.324 e. The van der Waals surface area contributed by atoms with E-state index in [9.17, 15) is 9.36 Å². The van der Waals surface area contributed by atoms with Gasteiger partial charge in [0.25, 0.3) is 5.91 Å². The summed E-state index contributed by atoms with van der Waals surface area (Å²) in [7, 11) is -3.88. The number of carbonyl (C=O) groups is 1. The van der Waals surface area contributed by atoms with Crippen LogP contribution in [0, 0.1) is 0 Å². The van der Waals surface area contributed by atoms with Gasteiger partial charge < -0.3 is 9.42 Å². The Bertz CT molecular complexity index is 220. The molecule has 0 aromatic carbocycles. The van der Waals surface area contributed by atoms with E-state index in [2.05, 4.69) is 4.52 Å². The second-order valence-electron chi connectivity index (χ2n) is 2.87. The molecule has 1 atom stereocenters. The van der Waals surface area contributed by atoms with Crippen molar-refractivity contribution in [2.45, 2.75) is 26.2 Å².